The van der Waals surface area contributed by atoms with Crippen LogP contribution in [0, 0.1) is 0 Å². The van der Waals surface area contributed by atoms with E-state index in [1.165, 1.54) is 10.4 Å². The second-order valence-electron chi connectivity index (χ2n) is 5.58. The van der Waals surface area contributed by atoms with Gasteiger partial charge in [-0.25, -0.2) is 0 Å². The largest absolute Gasteiger partial charge is 0.341 e. The summed E-state index contributed by atoms with van der Waals surface area (Å²) in [5.74, 6) is -0.265. The Morgan fingerprint density at radius 1 is 1.26 bits per heavy atom. The van der Waals surface area contributed by atoms with E-state index in [-0.39, 0.29) is 11.8 Å². The first-order valence-electron chi connectivity index (χ1n) is 7.45. The number of nitrogens with one attached hydrogen (secondary N) is 1. The second-order valence-corrected chi connectivity index (χ2v) is 7.50. The van der Waals surface area contributed by atoms with Crippen LogP contribution in [0.25, 0.3) is 0 Å². The SMILES string of the molecule is CC(NC(=O)c1ccc(Br)cc1)C(=O)N1CCc2sccc2C1. The predicted octanol–water partition coefficient (Wildman–Crippen LogP) is 3.21. The van der Waals surface area contributed by atoms with Gasteiger partial charge in [-0.05, 0) is 54.6 Å². The molecule has 1 unspecified atom stereocenters. The van der Waals surface area contributed by atoms with E-state index < -0.39 is 6.04 Å². The van der Waals surface area contributed by atoms with E-state index in [1.807, 2.05) is 17.0 Å². The normalized spacial score (nSPS) is 15.0. The number of rotatable bonds is 3. The van der Waals surface area contributed by atoms with Crippen molar-refractivity contribution < 1.29 is 9.59 Å². The van der Waals surface area contributed by atoms with Gasteiger partial charge in [0.05, 0.1) is 0 Å². The summed E-state index contributed by atoms with van der Waals surface area (Å²) in [6, 6.07) is 8.62. The molecule has 0 spiro atoms. The summed E-state index contributed by atoms with van der Waals surface area (Å²) in [6.45, 7) is 3.09. The monoisotopic (exact) mass is 392 g/mol. The van der Waals surface area contributed by atoms with Gasteiger partial charge < -0.3 is 10.2 Å². The fourth-order valence-electron chi connectivity index (χ4n) is 2.65. The van der Waals surface area contributed by atoms with E-state index in [0.29, 0.717) is 18.7 Å². The first-order valence-corrected chi connectivity index (χ1v) is 9.12. The van der Waals surface area contributed by atoms with Crippen LogP contribution < -0.4 is 5.32 Å². The third-order valence-corrected chi connectivity index (χ3v) is 5.50. The van der Waals surface area contributed by atoms with Gasteiger partial charge in [-0.1, -0.05) is 15.9 Å². The van der Waals surface area contributed by atoms with E-state index in [0.717, 1.165) is 10.9 Å². The lowest BCUT2D eigenvalue weighted by Crippen LogP contribution is -2.48. The molecule has 1 N–H and O–H groups in total. The Bertz CT molecular complexity index is 726. The number of hydrogen-bond donors (Lipinski definition) is 1. The minimum Gasteiger partial charge on any atom is -0.341 e. The van der Waals surface area contributed by atoms with Crippen molar-refractivity contribution in [3.8, 4) is 0 Å². The van der Waals surface area contributed by atoms with Crippen LogP contribution in [0.5, 0.6) is 0 Å². The Labute approximate surface area is 147 Å². The van der Waals surface area contributed by atoms with E-state index >= 15 is 0 Å². The van der Waals surface area contributed by atoms with Gasteiger partial charge in [-0.2, -0.15) is 0 Å². The van der Waals surface area contributed by atoms with Gasteiger partial charge in [-0.15, -0.1) is 11.3 Å². The molecule has 0 aliphatic carbocycles. The van der Waals surface area contributed by atoms with Gasteiger partial charge in [0.25, 0.3) is 5.91 Å². The minimum atomic E-state index is -0.536. The van der Waals surface area contributed by atoms with Crippen molar-refractivity contribution in [2.45, 2.75) is 25.9 Å². The van der Waals surface area contributed by atoms with E-state index in [2.05, 4.69) is 32.7 Å². The molecule has 2 heterocycles. The van der Waals surface area contributed by atoms with Crippen molar-refractivity contribution in [2.75, 3.05) is 6.54 Å². The Morgan fingerprint density at radius 2 is 2.00 bits per heavy atom. The molecular weight excluding hydrogens is 376 g/mol. The summed E-state index contributed by atoms with van der Waals surface area (Å²) in [5.41, 5.74) is 1.77. The first-order chi connectivity index (χ1) is 11.0. The molecule has 4 nitrogen and oxygen atoms in total. The predicted molar refractivity (Wildman–Crippen MR) is 94.5 cm³/mol. The number of carbonyl (C=O) groups excluding carboxylic acids is 2. The second kappa shape index (κ2) is 6.84. The Kier molecular flexibility index (Phi) is 4.82. The lowest BCUT2D eigenvalue weighted by Gasteiger charge is -2.29. The van der Waals surface area contributed by atoms with Gasteiger partial charge in [-0.3, -0.25) is 9.59 Å². The summed E-state index contributed by atoms with van der Waals surface area (Å²) in [4.78, 5) is 28.0. The maximum atomic E-state index is 12.6. The fraction of sp³-hybridized carbons (Fsp3) is 0.294. The lowest BCUT2D eigenvalue weighted by atomic mass is 10.1. The Morgan fingerprint density at radius 3 is 2.74 bits per heavy atom. The molecule has 0 saturated heterocycles. The van der Waals surface area contributed by atoms with Crippen molar-refractivity contribution >= 4 is 39.1 Å². The zero-order valence-electron chi connectivity index (χ0n) is 12.7. The highest BCUT2D eigenvalue weighted by Crippen LogP contribution is 2.24. The fourth-order valence-corrected chi connectivity index (χ4v) is 3.81. The summed E-state index contributed by atoms with van der Waals surface area (Å²) < 4.78 is 0.915. The highest BCUT2D eigenvalue weighted by molar-refractivity contribution is 9.10. The molecule has 120 valence electrons. The molecule has 1 aliphatic rings. The van der Waals surface area contributed by atoms with Gasteiger partial charge in [0.1, 0.15) is 6.04 Å². The van der Waals surface area contributed by atoms with Crippen LogP contribution in [-0.4, -0.2) is 29.3 Å². The van der Waals surface area contributed by atoms with Gasteiger partial charge >= 0.3 is 0 Å². The van der Waals surface area contributed by atoms with Crippen LogP contribution in [0.1, 0.15) is 27.7 Å². The Balaban J connectivity index is 1.62. The summed E-state index contributed by atoms with van der Waals surface area (Å²) in [6.07, 6.45) is 0.895. The molecule has 23 heavy (non-hydrogen) atoms. The third kappa shape index (κ3) is 3.64. The van der Waals surface area contributed by atoms with Crippen molar-refractivity contribution in [1.29, 1.82) is 0 Å². The van der Waals surface area contributed by atoms with Gasteiger partial charge in [0.15, 0.2) is 0 Å². The highest BCUT2D eigenvalue weighted by atomic mass is 79.9. The molecule has 2 amide bonds. The molecule has 1 aliphatic heterocycles. The number of fused-ring (bicyclic) bond motifs is 1. The number of thiophene rings is 1. The van der Waals surface area contributed by atoms with Crippen LogP contribution in [-0.2, 0) is 17.8 Å². The molecule has 6 heteroatoms. The number of halogens is 1. The van der Waals surface area contributed by atoms with Crippen molar-refractivity contribution in [3.05, 3.63) is 56.2 Å². The van der Waals surface area contributed by atoms with Gasteiger partial charge in [0.2, 0.25) is 5.91 Å². The zero-order chi connectivity index (χ0) is 16.4. The molecule has 0 bridgehead atoms. The number of benzene rings is 1. The number of amides is 2. The minimum absolute atomic E-state index is 0.0349. The Hall–Kier alpha value is -1.66. The van der Waals surface area contributed by atoms with Crippen LogP contribution >= 0.6 is 27.3 Å². The molecule has 1 aromatic heterocycles. The van der Waals surface area contributed by atoms with Crippen molar-refractivity contribution in [3.63, 3.8) is 0 Å². The first kappa shape index (κ1) is 16.2. The van der Waals surface area contributed by atoms with Crippen molar-refractivity contribution in [2.24, 2.45) is 0 Å². The van der Waals surface area contributed by atoms with E-state index in [9.17, 15) is 9.59 Å². The molecule has 1 aromatic carbocycles. The van der Waals surface area contributed by atoms with E-state index in [1.54, 1.807) is 30.4 Å². The number of hydrogen-bond acceptors (Lipinski definition) is 3. The maximum Gasteiger partial charge on any atom is 0.251 e. The maximum absolute atomic E-state index is 12.6. The molecule has 0 saturated carbocycles. The molecule has 1 atom stereocenters. The van der Waals surface area contributed by atoms with Crippen molar-refractivity contribution in [1.82, 2.24) is 10.2 Å². The molecular formula is C17H17BrN2O2S. The topological polar surface area (TPSA) is 49.4 Å². The molecule has 0 fully saturated rings. The quantitative estimate of drug-likeness (QED) is 0.871. The lowest BCUT2D eigenvalue weighted by molar-refractivity contribution is -0.133. The van der Waals surface area contributed by atoms with Gasteiger partial charge in [0, 0.05) is 28.0 Å². The number of carbonyl (C=O) groups is 2. The van der Waals surface area contributed by atoms with Crippen LogP contribution in [0.2, 0.25) is 0 Å². The summed E-state index contributed by atoms with van der Waals surface area (Å²) in [5, 5.41) is 4.85. The smallest absolute Gasteiger partial charge is 0.251 e. The third-order valence-electron chi connectivity index (χ3n) is 3.94. The molecule has 3 rings (SSSR count). The van der Waals surface area contributed by atoms with Crippen LogP contribution in [0.15, 0.2) is 40.2 Å². The molecule has 2 aromatic rings. The van der Waals surface area contributed by atoms with Crippen LogP contribution in [0.3, 0.4) is 0 Å². The number of nitrogens with zero attached hydrogens (tertiary/aromatic N) is 1. The standard InChI is InChI=1S/C17H17BrN2O2S/c1-11(19-16(21)12-2-4-14(18)5-3-12)17(22)20-8-6-15-13(10-20)7-9-23-15/h2-5,7,9,11H,6,8,10H2,1H3,(H,19,21). The summed E-state index contributed by atoms with van der Waals surface area (Å²) in [7, 11) is 0. The van der Waals surface area contributed by atoms with E-state index in [4.69, 9.17) is 0 Å². The summed E-state index contributed by atoms with van der Waals surface area (Å²) >= 11 is 5.08. The average Bonchev–Trinajstić information content (AvgIpc) is 3.02. The zero-order valence-corrected chi connectivity index (χ0v) is 15.1. The average molecular weight is 393 g/mol. The molecule has 0 radical (unpaired) electrons. The van der Waals surface area contributed by atoms with Crippen LogP contribution in [0.4, 0.5) is 0 Å². The highest BCUT2D eigenvalue weighted by Gasteiger charge is 2.26.